The lowest BCUT2D eigenvalue weighted by Crippen LogP contribution is -2.13. The smallest absolute Gasteiger partial charge is 0.135 e. The van der Waals surface area contributed by atoms with Crippen molar-refractivity contribution in [2.75, 3.05) is 19.0 Å². The number of methoxy groups -OCH3 is 1. The summed E-state index contributed by atoms with van der Waals surface area (Å²) in [6.45, 7) is 0.214. The van der Waals surface area contributed by atoms with E-state index in [9.17, 15) is 9.50 Å². The summed E-state index contributed by atoms with van der Waals surface area (Å²) in [7, 11) is 1.58. The van der Waals surface area contributed by atoms with Crippen LogP contribution in [0.15, 0.2) is 46.9 Å². The fourth-order valence-corrected chi connectivity index (χ4v) is 2.25. The number of aliphatic hydroxyl groups is 1. The summed E-state index contributed by atoms with van der Waals surface area (Å²) in [5, 5.41) is 13.1. The van der Waals surface area contributed by atoms with Crippen LogP contribution in [0, 0.1) is 5.82 Å². The standard InChI is InChI=1S/C15H15BrFNO2/c1-20-15-8-10(6-7-12(15)16)18-9-14(19)11-4-2-3-5-13(11)17/h2-8,14,18-19H,9H2,1H3. The van der Waals surface area contributed by atoms with Crippen LogP contribution in [0.4, 0.5) is 10.1 Å². The molecule has 106 valence electrons. The molecule has 0 fully saturated rings. The Bertz CT molecular complexity index is 592. The van der Waals surface area contributed by atoms with Crippen molar-refractivity contribution in [1.29, 1.82) is 0 Å². The molecule has 3 nitrogen and oxygen atoms in total. The van der Waals surface area contributed by atoms with Gasteiger partial charge in [0.2, 0.25) is 0 Å². The Morgan fingerprint density at radius 2 is 2.05 bits per heavy atom. The van der Waals surface area contributed by atoms with Crippen molar-refractivity contribution in [2.24, 2.45) is 0 Å². The number of nitrogens with one attached hydrogen (secondary N) is 1. The van der Waals surface area contributed by atoms with Gasteiger partial charge in [0.15, 0.2) is 0 Å². The van der Waals surface area contributed by atoms with Gasteiger partial charge in [-0.05, 0) is 34.1 Å². The summed E-state index contributed by atoms with van der Waals surface area (Å²) in [6, 6.07) is 11.7. The summed E-state index contributed by atoms with van der Waals surface area (Å²) in [5.41, 5.74) is 1.07. The van der Waals surface area contributed by atoms with Crippen LogP contribution in [0.2, 0.25) is 0 Å². The lowest BCUT2D eigenvalue weighted by Gasteiger charge is -2.14. The number of rotatable bonds is 5. The second-order valence-electron chi connectivity index (χ2n) is 4.27. The zero-order valence-electron chi connectivity index (χ0n) is 10.9. The average molecular weight is 340 g/mol. The molecule has 0 aliphatic rings. The van der Waals surface area contributed by atoms with E-state index in [4.69, 9.17) is 4.74 Å². The van der Waals surface area contributed by atoms with Gasteiger partial charge in [0.1, 0.15) is 11.6 Å². The zero-order chi connectivity index (χ0) is 14.5. The predicted octanol–water partition coefficient (Wildman–Crippen LogP) is 3.74. The maximum absolute atomic E-state index is 13.5. The van der Waals surface area contributed by atoms with E-state index in [1.54, 1.807) is 31.4 Å². The molecule has 0 heterocycles. The van der Waals surface area contributed by atoms with Crippen molar-refractivity contribution in [3.8, 4) is 5.75 Å². The van der Waals surface area contributed by atoms with E-state index in [-0.39, 0.29) is 12.1 Å². The molecular formula is C15H15BrFNO2. The minimum atomic E-state index is -0.911. The molecule has 0 spiro atoms. The maximum Gasteiger partial charge on any atom is 0.135 e. The van der Waals surface area contributed by atoms with E-state index in [0.29, 0.717) is 5.75 Å². The van der Waals surface area contributed by atoms with E-state index in [1.807, 2.05) is 12.1 Å². The second kappa shape index (κ2) is 6.72. The van der Waals surface area contributed by atoms with Gasteiger partial charge in [-0.3, -0.25) is 0 Å². The highest BCUT2D eigenvalue weighted by atomic mass is 79.9. The molecule has 2 aromatic rings. The van der Waals surface area contributed by atoms with Gasteiger partial charge in [-0.2, -0.15) is 0 Å². The van der Waals surface area contributed by atoms with Crippen molar-refractivity contribution in [3.05, 3.63) is 58.3 Å². The number of aliphatic hydroxyl groups excluding tert-OH is 1. The van der Waals surface area contributed by atoms with Crippen molar-refractivity contribution in [1.82, 2.24) is 0 Å². The number of hydrogen-bond acceptors (Lipinski definition) is 3. The Labute approximate surface area is 125 Å². The Hall–Kier alpha value is -1.59. The summed E-state index contributed by atoms with van der Waals surface area (Å²) in [6.07, 6.45) is -0.911. The molecule has 0 saturated carbocycles. The van der Waals surface area contributed by atoms with Gasteiger partial charge in [-0.25, -0.2) is 4.39 Å². The SMILES string of the molecule is COc1cc(NCC(O)c2ccccc2F)ccc1Br. The lowest BCUT2D eigenvalue weighted by molar-refractivity contribution is 0.186. The summed E-state index contributed by atoms with van der Waals surface area (Å²) in [4.78, 5) is 0. The van der Waals surface area contributed by atoms with Gasteiger partial charge in [-0.15, -0.1) is 0 Å². The number of ether oxygens (including phenoxy) is 1. The van der Waals surface area contributed by atoms with Crippen LogP contribution >= 0.6 is 15.9 Å². The Morgan fingerprint density at radius 3 is 2.75 bits per heavy atom. The van der Waals surface area contributed by atoms with Crippen LogP contribution in [-0.2, 0) is 0 Å². The third-order valence-corrected chi connectivity index (χ3v) is 3.57. The van der Waals surface area contributed by atoms with Gasteiger partial charge >= 0.3 is 0 Å². The minimum Gasteiger partial charge on any atom is -0.495 e. The van der Waals surface area contributed by atoms with E-state index in [0.717, 1.165) is 10.2 Å². The first-order chi connectivity index (χ1) is 9.61. The van der Waals surface area contributed by atoms with E-state index in [2.05, 4.69) is 21.2 Å². The zero-order valence-corrected chi connectivity index (χ0v) is 12.5. The first-order valence-electron chi connectivity index (χ1n) is 6.11. The van der Waals surface area contributed by atoms with Gasteiger partial charge < -0.3 is 15.2 Å². The van der Waals surface area contributed by atoms with Crippen LogP contribution in [0.1, 0.15) is 11.7 Å². The van der Waals surface area contributed by atoms with Gasteiger partial charge in [0.25, 0.3) is 0 Å². The summed E-state index contributed by atoms with van der Waals surface area (Å²) < 4.78 is 19.6. The predicted molar refractivity (Wildman–Crippen MR) is 80.5 cm³/mol. The first-order valence-corrected chi connectivity index (χ1v) is 6.91. The molecule has 0 aromatic heterocycles. The highest BCUT2D eigenvalue weighted by Gasteiger charge is 2.12. The lowest BCUT2D eigenvalue weighted by atomic mass is 10.1. The highest BCUT2D eigenvalue weighted by molar-refractivity contribution is 9.10. The van der Waals surface area contributed by atoms with Crippen LogP contribution < -0.4 is 10.1 Å². The summed E-state index contributed by atoms with van der Waals surface area (Å²) >= 11 is 3.37. The molecule has 0 aliphatic heterocycles. The largest absolute Gasteiger partial charge is 0.495 e. The Kier molecular flexibility index (Phi) is 4.98. The molecule has 0 aliphatic carbocycles. The van der Waals surface area contributed by atoms with Crippen molar-refractivity contribution < 1.29 is 14.2 Å². The van der Waals surface area contributed by atoms with Crippen molar-refractivity contribution >= 4 is 21.6 Å². The van der Waals surface area contributed by atoms with Gasteiger partial charge in [0.05, 0.1) is 17.7 Å². The van der Waals surface area contributed by atoms with Gasteiger partial charge in [-0.1, -0.05) is 18.2 Å². The first kappa shape index (κ1) is 14.8. The van der Waals surface area contributed by atoms with Crippen molar-refractivity contribution in [2.45, 2.75) is 6.10 Å². The van der Waals surface area contributed by atoms with Crippen molar-refractivity contribution in [3.63, 3.8) is 0 Å². The number of hydrogen-bond donors (Lipinski definition) is 2. The molecule has 2 aromatic carbocycles. The molecule has 0 bridgehead atoms. The molecule has 0 amide bonds. The maximum atomic E-state index is 13.5. The molecule has 0 radical (unpaired) electrons. The normalized spacial score (nSPS) is 12.0. The topological polar surface area (TPSA) is 41.5 Å². The molecule has 20 heavy (non-hydrogen) atoms. The molecule has 2 N–H and O–H groups in total. The van der Waals surface area contributed by atoms with E-state index < -0.39 is 11.9 Å². The molecule has 2 rings (SSSR count). The van der Waals surface area contributed by atoms with Crippen LogP contribution in [0.25, 0.3) is 0 Å². The second-order valence-corrected chi connectivity index (χ2v) is 5.12. The number of anilines is 1. The van der Waals surface area contributed by atoms with Crippen LogP contribution in [0.3, 0.4) is 0 Å². The molecule has 0 saturated heterocycles. The minimum absolute atomic E-state index is 0.214. The number of benzene rings is 2. The molecular weight excluding hydrogens is 325 g/mol. The molecule has 1 unspecified atom stereocenters. The van der Waals surface area contributed by atoms with E-state index >= 15 is 0 Å². The average Bonchev–Trinajstić information content (AvgIpc) is 2.46. The highest BCUT2D eigenvalue weighted by Crippen LogP contribution is 2.28. The fraction of sp³-hybridized carbons (Fsp3) is 0.200. The van der Waals surface area contributed by atoms with Crippen LogP contribution in [-0.4, -0.2) is 18.8 Å². The third kappa shape index (κ3) is 3.49. The Morgan fingerprint density at radius 1 is 1.30 bits per heavy atom. The third-order valence-electron chi connectivity index (χ3n) is 2.91. The summed E-state index contributed by atoms with van der Waals surface area (Å²) in [5.74, 6) is 0.283. The van der Waals surface area contributed by atoms with Gasteiger partial charge in [0, 0.05) is 23.9 Å². The quantitative estimate of drug-likeness (QED) is 0.871. The monoisotopic (exact) mass is 339 g/mol. The fourth-order valence-electron chi connectivity index (χ4n) is 1.84. The molecule has 1 atom stereocenters. The number of halogens is 2. The Balaban J connectivity index is 2.03. The molecule has 5 heteroatoms. The van der Waals surface area contributed by atoms with E-state index in [1.165, 1.54) is 6.07 Å². The van der Waals surface area contributed by atoms with Crippen LogP contribution in [0.5, 0.6) is 5.75 Å².